The molecule has 0 radical (unpaired) electrons. The summed E-state index contributed by atoms with van der Waals surface area (Å²) in [6, 6.07) is 0. The maximum atomic E-state index is 10.4. The quantitative estimate of drug-likeness (QED) is 0.560. The Morgan fingerprint density at radius 1 is 1.40 bits per heavy atom. The second kappa shape index (κ2) is 7.18. The lowest BCUT2D eigenvalue weighted by atomic mass is 10.3. The molecule has 0 heterocycles. The third-order valence-electron chi connectivity index (χ3n) is 1.06. The molecule has 0 aliphatic carbocycles. The second-order valence-electron chi connectivity index (χ2n) is 1.90. The molecule has 0 aliphatic heterocycles. The minimum absolute atomic E-state index is 0.522. The van der Waals surface area contributed by atoms with Crippen molar-refractivity contribution in [3.63, 3.8) is 0 Å². The standard InChI is InChI=1S/C6H14O3S/c1-3-4-5-6-9-10(7)8-2/h3-6H2,1-2H3. The van der Waals surface area contributed by atoms with Crippen molar-refractivity contribution >= 4 is 11.4 Å². The second-order valence-corrected chi connectivity index (χ2v) is 2.88. The van der Waals surface area contributed by atoms with Gasteiger partial charge in [-0.25, -0.2) is 0 Å². The van der Waals surface area contributed by atoms with E-state index in [-0.39, 0.29) is 0 Å². The average molecular weight is 166 g/mol. The zero-order chi connectivity index (χ0) is 7.82. The van der Waals surface area contributed by atoms with Gasteiger partial charge in [0.15, 0.2) is 0 Å². The summed E-state index contributed by atoms with van der Waals surface area (Å²) < 4.78 is 19.6. The van der Waals surface area contributed by atoms with Crippen molar-refractivity contribution in [3.05, 3.63) is 0 Å². The van der Waals surface area contributed by atoms with Crippen LogP contribution in [0.3, 0.4) is 0 Å². The molecule has 0 aliphatic rings. The molecule has 1 unspecified atom stereocenters. The van der Waals surface area contributed by atoms with Crippen molar-refractivity contribution in [2.75, 3.05) is 13.7 Å². The Morgan fingerprint density at radius 3 is 2.60 bits per heavy atom. The van der Waals surface area contributed by atoms with E-state index < -0.39 is 11.4 Å². The van der Waals surface area contributed by atoms with Crippen molar-refractivity contribution in [2.45, 2.75) is 26.2 Å². The highest BCUT2D eigenvalue weighted by atomic mass is 32.2. The van der Waals surface area contributed by atoms with Crippen molar-refractivity contribution < 1.29 is 12.6 Å². The minimum atomic E-state index is -1.53. The number of rotatable bonds is 6. The molecule has 0 aromatic carbocycles. The molecule has 10 heavy (non-hydrogen) atoms. The van der Waals surface area contributed by atoms with Gasteiger partial charge in [0.1, 0.15) is 0 Å². The summed E-state index contributed by atoms with van der Waals surface area (Å²) in [5, 5.41) is 0. The predicted octanol–water partition coefficient (Wildman–Crippen LogP) is 1.42. The van der Waals surface area contributed by atoms with Gasteiger partial charge < -0.3 is 0 Å². The van der Waals surface area contributed by atoms with Crippen molar-refractivity contribution in [3.8, 4) is 0 Å². The molecule has 4 heteroatoms. The summed E-state index contributed by atoms with van der Waals surface area (Å²) in [5.74, 6) is 0. The van der Waals surface area contributed by atoms with Crippen LogP contribution in [0.25, 0.3) is 0 Å². The highest BCUT2D eigenvalue weighted by Crippen LogP contribution is 1.95. The Labute approximate surface area is 64.6 Å². The van der Waals surface area contributed by atoms with E-state index in [9.17, 15) is 4.21 Å². The van der Waals surface area contributed by atoms with Gasteiger partial charge in [0.25, 0.3) is 0 Å². The molecule has 0 spiro atoms. The molecule has 0 aromatic rings. The fourth-order valence-electron chi connectivity index (χ4n) is 0.527. The first-order chi connectivity index (χ1) is 4.81. The van der Waals surface area contributed by atoms with Crippen LogP contribution in [0.4, 0.5) is 0 Å². The van der Waals surface area contributed by atoms with E-state index in [1.165, 1.54) is 7.11 Å². The van der Waals surface area contributed by atoms with E-state index in [4.69, 9.17) is 4.18 Å². The first kappa shape index (κ1) is 10.1. The molecule has 1 atom stereocenters. The van der Waals surface area contributed by atoms with Crippen LogP contribution in [0.1, 0.15) is 26.2 Å². The molecule has 0 bridgehead atoms. The van der Waals surface area contributed by atoms with Gasteiger partial charge in [0.2, 0.25) is 0 Å². The highest BCUT2D eigenvalue weighted by molar-refractivity contribution is 7.75. The zero-order valence-electron chi connectivity index (χ0n) is 6.46. The van der Waals surface area contributed by atoms with Crippen LogP contribution >= 0.6 is 0 Å². The number of unbranched alkanes of at least 4 members (excludes halogenated alkanes) is 2. The summed E-state index contributed by atoms with van der Waals surface area (Å²) in [5.41, 5.74) is 0. The van der Waals surface area contributed by atoms with E-state index in [1.54, 1.807) is 0 Å². The first-order valence-corrected chi connectivity index (χ1v) is 4.40. The van der Waals surface area contributed by atoms with Gasteiger partial charge in [-0.15, -0.1) is 0 Å². The van der Waals surface area contributed by atoms with Crippen molar-refractivity contribution in [1.82, 2.24) is 0 Å². The molecule has 0 amide bonds. The van der Waals surface area contributed by atoms with Gasteiger partial charge in [-0.1, -0.05) is 19.8 Å². The normalized spacial score (nSPS) is 13.4. The zero-order valence-corrected chi connectivity index (χ0v) is 7.28. The number of hydrogen-bond donors (Lipinski definition) is 0. The molecule has 0 saturated heterocycles. The molecule has 0 N–H and O–H groups in total. The predicted molar refractivity (Wildman–Crippen MR) is 40.6 cm³/mol. The largest absolute Gasteiger partial charge is 0.304 e. The van der Waals surface area contributed by atoms with Gasteiger partial charge in [-0.05, 0) is 6.42 Å². The van der Waals surface area contributed by atoms with E-state index in [0.29, 0.717) is 6.61 Å². The smallest absolute Gasteiger partial charge is 0.272 e. The Morgan fingerprint density at radius 2 is 2.10 bits per heavy atom. The fraction of sp³-hybridized carbons (Fsp3) is 1.00. The van der Waals surface area contributed by atoms with Gasteiger partial charge in [-0.3, -0.25) is 8.37 Å². The SMILES string of the molecule is CCCCCOS(=O)OC. The Balaban J connectivity index is 2.96. The fourth-order valence-corrected chi connectivity index (χ4v) is 0.877. The molecule has 62 valence electrons. The van der Waals surface area contributed by atoms with Crippen LogP contribution in [-0.2, 0) is 19.7 Å². The Bertz CT molecular complexity index is 95.0. The topological polar surface area (TPSA) is 35.5 Å². The molecule has 0 aromatic heterocycles. The van der Waals surface area contributed by atoms with E-state index in [1.807, 2.05) is 0 Å². The molecular weight excluding hydrogens is 152 g/mol. The molecular formula is C6H14O3S. The van der Waals surface area contributed by atoms with Crippen LogP contribution < -0.4 is 0 Å². The Kier molecular flexibility index (Phi) is 7.23. The highest BCUT2D eigenvalue weighted by Gasteiger charge is 1.94. The summed E-state index contributed by atoms with van der Waals surface area (Å²) in [7, 11) is 1.36. The summed E-state index contributed by atoms with van der Waals surface area (Å²) in [6.45, 7) is 2.63. The molecule has 0 saturated carbocycles. The summed E-state index contributed by atoms with van der Waals surface area (Å²) in [6.07, 6.45) is 3.20. The Hall–Kier alpha value is 0.0700. The van der Waals surface area contributed by atoms with Crippen molar-refractivity contribution in [2.24, 2.45) is 0 Å². The van der Waals surface area contributed by atoms with Crippen LogP contribution in [-0.4, -0.2) is 17.9 Å². The molecule has 0 fully saturated rings. The van der Waals surface area contributed by atoms with Crippen LogP contribution in [0, 0.1) is 0 Å². The molecule has 0 rings (SSSR count). The van der Waals surface area contributed by atoms with E-state index in [2.05, 4.69) is 11.1 Å². The van der Waals surface area contributed by atoms with Gasteiger partial charge in [0, 0.05) is 0 Å². The van der Waals surface area contributed by atoms with Gasteiger partial charge >= 0.3 is 11.4 Å². The van der Waals surface area contributed by atoms with Gasteiger partial charge in [-0.2, -0.15) is 4.21 Å². The van der Waals surface area contributed by atoms with Gasteiger partial charge in [0.05, 0.1) is 13.7 Å². The lowest BCUT2D eigenvalue weighted by molar-refractivity contribution is 0.275. The first-order valence-electron chi connectivity index (χ1n) is 3.40. The van der Waals surface area contributed by atoms with Crippen LogP contribution in [0.5, 0.6) is 0 Å². The monoisotopic (exact) mass is 166 g/mol. The van der Waals surface area contributed by atoms with E-state index in [0.717, 1.165) is 19.3 Å². The maximum absolute atomic E-state index is 10.4. The lowest BCUT2D eigenvalue weighted by Gasteiger charge is -1.98. The minimum Gasteiger partial charge on any atom is -0.272 e. The summed E-state index contributed by atoms with van der Waals surface area (Å²) in [4.78, 5) is 0. The van der Waals surface area contributed by atoms with Crippen LogP contribution in [0.2, 0.25) is 0 Å². The lowest BCUT2D eigenvalue weighted by Crippen LogP contribution is -2.00. The maximum Gasteiger partial charge on any atom is 0.304 e. The van der Waals surface area contributed by atoms with E-state index >= 15 is 0 Å². The van der Waals surface area contributed by atoms with Crippen LogP contribution in [0.15, 0.2) is 0 Å². The average Bonchev–Trinajstić information content (AvgIpc) is 1.98. The third-order valence-corrected chi connectivity index (χ3v) is 1.69. The third kappa shape index (κ3) is 6.19. The summed E-state index contributed by atoms with van der Waals surface area (Å²) >= 11 is -1.53. The molecule has 3 nitrogen and oxygen atoms in total. The van der Waals surface area contributed by atoms with Crippen molar-refractivity contribution in [1.29, 1.82) is 0 Å². The number of hydrogen-bond acceptors (Lipinski definition) is 3.